The van der Waals surface area contributed by atoms with Crippen LogP contribution in [0.15, 0.2) is 11.4 Å². The minimum atomic E-state index is 0.308. The molecule has 0 amide bonds. The molecule has 1 rings (SSSR count). The fraction of sp³-hybridized carbons (Fsp3) is 0.786. The van der Waals surface area contributed by atoms with Gasteiger partial charge in [0.05, 0.1) is 0 Å². The molecule has 0 unspecified atom stereocenters. The maximum absolute atomic E-state index is 8.74. The highest BCUT2D eigenvalue weighted by atomic mass is 32.2. The Morgan fingerprint density at radius 3 is 2.50 bits per heavy atom. The van der Waals surface area contributed by atoms with E-state index in [2.05, 4.69) is 37.2 Å². The first-order valence-electron chi connectivity index (χ1n) is 6.88. The Hall–Kier alpha value is -0.480. The third-order valence-electron chi connectivity index (χ3n) is 2.93. The highest BCUT2D eigenvalue weighted by Crippen LogP contribution is 2.27. The quantitative estimate of drug-likeness (QED) is 0.576. The molecule has 104 valence electrons. The van der Waals surface area contributed by atoms with E-state index in [1.165, 1.54) is 5.69 Å². The second kappa shape index (κ2) is 7.85. The highest BCUT2D eigenvalue weighted by molar-refractivity contribution is 7.99. The molecule has 0 spiro atoms. The molecule has 0 aromatic carbocycles. The van der Waals surface area contributed by atoms with Gasteiger partial charge in [0.1, 0.15) is 0 Å². The third kappa shape index (κ3) is 4.32. The molecule has 0 bridgehead atoms. The first-order valence-corrected chi connectivity index (χ1v) is 7.87. The predicted molar refractivity (Wildman–Crippen MR) is 78.4 cm³/mol. The molecule has 18 heavy (non-hydrogen) atoms. The molecule has 0 saturated carbocycles. The summed E-state index contributed by atoms with van der Waals surface area (Å²) in [7, 11) is 0. The lowest BCUT2D eigenvalue weighted by Crippen LogP contribution is -2.08. The van der Waals surface area contributed by atoms with Crippen LogP contribution >= 0.6 is 11.8 Å². The molecule has 1 N–H and O–H groups in total. The molecule has 0 radical (unpaired) electrons. The van der Waals surface area contributed by atoms with Crippen LogP contribution in [0, 0.1) is 0 Å². The molecular weight excluding hydrogens is 244 g/mol. The van der Waals surface area contributed by atoms with Crippen molar-refractivity contribution < 1.29 is 5.11 Å². The second-order valence-electron chi connectivity index (χ2n) is 5.22. The Labute approximate surface area is 115 Å². The number of thioether (sulfide) groups is 1. The lowest BCUT2D eigenvalue weighted by atomic mass is 10.1. The lowest BCUT2D eigenvalue weighted by Gasteiger charge is -2.17. The van der Waals surface area contributed by atoms with E-state index in [9.17, 15) is 0 Å². The predicted octanol–water partition coefficient (Wildman–Crippen LogP) is 3.84. The van der Waals surface area contributed by atoms with E-state index < -0.39 is 0 Å². The highest BCUT2D eigenvalue weighted by Gasteiger charge is 2.15. The van der Waals surface area contributed by atoms with E-state index in [0.29, 0.717) is 18.6 Å². The minimum absolute atomic E-state index is 0.308. The maximum Gasteiger partial charge on any atom is 0.168 e. The van der Waals surface area contributed by atoms with E-state index in [-0.39, 0.29) is 0 Å². The van der Waals surface area contributed by atoms with Crippen LogP contribution in [-0.2, 0) is 0 Å². The molecule has 0 fully saturated rings. The van der Waals surface area contributed by atoms with Gasteiger partial charge in [0.2, 0.25) is 0 Å². The van der Waals surface area contributed by atoms with Crippen molar-refractivity contribution in [3.05, 3.63) is 11.9 Å². The largest absolute Gasteiger partial charge is 0.396 e. The van der Waals surface area contributed by atoms with Crippen LogP contribution in [0.1, 0.15) is 64.6 Å². The standard InChI is InChI=1S/C14H26N2OS/c1-11(2)13-10-15-14(16(13)12(3)4)18-9-7-5-6-8-17/h10-12,17H,5-9H2,1-4H3. The summed E-state index contributed by atoms with van der Waals surface area (Å²) in [6, 6.07) is 0.463. The van der Waals surface area contributed by atoms with Crippen LogP contribution in [0.2, 0.25) is 0 Å². The van der Waals surface area contributed by atoms with Gasteiger partial charge >= 0.3 is 0 Å². The molecule has 4 heteroatoms. The van der Waals surface area contributed by atoms with Crippen molar-refractivity contribution in [2.75, 3.05) is 12.4 Å². The average Bonchev–Trinajstić information content (AvgIpc) is 2.72. The van der Waals surface area contributed by atoms with Crippen molar-refractivity contribution >= 4 is 11.8 Å². The van der Waals surface area contributed by atoms with Gasteiger partial charge in [-0.05, 0) is 32.6 Å². The van der Waals surface area contributed by atoms with Crippen LogP contribution in [0.4, 0.5) is 0 Å². The summed E-state index contributed by atoms with van der Waals surface area (Å²) in [5.41, 5.74) is 1.32. The molecule has 1 aromatic rings. The van der Waals surface area contributed by atoms with Crippen molar-refractivity contribution in [1.29, 1.82) is 0 Å². The van der Waals surface area contributed by atoms with Gasteiger partial charge in [-0.15, -0.1) is 0 Å². The number of aliphatic hydroxyl groups is 1. The molecule has 0 aliphatic rings. The summed E-state index contributed by atoms with van der Waals surface area (Å²) in [5.74, 6) is 1.60. The van der Waals surface area contributed by atoms with E-state index in [0.717, 1.165) is 30.2 Å². The molecule has 0 atom stereocenters. The topological polar surface area (TPSA) is 38.1 Å². The van der Waals surface area contributed by atoms with Gasteiger partial charge in [-0.1, -0.05) is 32.0 Å². The van der Waals surface area contributed by atoms with E-state index >= 15 is 0 Å². The van der Waals surface area contributed by atoms with Gasteiger partial charge < -0.3 is 9.67 Å². The van der Waals surface area contributed by atoms with Crippen LogP contribution < -0.4 is 0 Å². The molecule has 1 heterocycles. The molecule has 0 aliphatic heterocycles. The van der Waals surface area contributed by atoms with Gasteiger partial charge in [0.15, 0.2) is 5.16 Å². The van der Waals surface area contributed by atoms with Gasteiger partial charge in [0, 0.05) is 30.3 Å². The molecule has 1 aromatic heterocycles. The number of imidazole rings is 1. The van der Waals surface area contributed by atoms with Crippen molar-refractivity contribution in [1.82, 2.24) is 9.55 Å². The zero-order chi connectivity index (χ0) is 13.5. The number of unbranched alkanes of at least 4 members (excludes halogenated alkanes) is 2. The number of hydrogen-bond donors (Lipinski definition) is 1. The van der Waals surface area contributed by atoms with E-state index in [1.807, 2.05) is 18.0 Å². The van der Waals surface area contributed by atoms with Crippen LogP contribution in [0.25, 0.3) is 0 Å². The fourth-order valence-corrected chi connectivity index (χ4v) is 3.08. The molecular formula is C14H26N2OS. The van der Waals surface area contributed by atoms with Gasteiger partial charge in [0.25, 0.3) is 0 Å². The fourth-order valence-electron chi connectivity index (χ4n) is 1.96. The van der Waals surface area contributed by atoms with Crippen molar-refractivity contribution in [3.63, 3.8) is 0 Å². The summed E-state index contributed by atoms with van der Waals surface area (Å²) in [4.78, 5) is 4.55. The summed E-state index contributed by atoms with van der Waals surface area (Å²) in [6.07, 6.45) is 5.17. The Kier molecular flexibility index (Phi) is 6.79. The SMILES string of the molecule is CC(C)c1cnc(SCCCCCO)n1C(C)C. The van der Waals surface area contributed by atoms with Gasteiger partial charge in [-0.2, -0.15) is 0 Å². The monoisotopic (exact) mass is 270 g/mol. The van der Waals surface area contributed by atoms with Crippen molar-refractivity contribution in [2.45, 2.75) is 64.1 Å². The third-order valence-corrected chi connectivity index (χ3v) is 3.99. The van der Waals surface area contributed by atoms with E-state index in [4.69, 9.17) is 5.11 Å². The summed E-state index contributed by atoms with van der Waals surface area (Å²) in [5, 5.41) is 9.88. The van der Waals surface area contributed by atoms with Crippen molar-refractivity contribution in [2.24, 2.45) is 0 Å². The van der Waals surface area contributed by atoms with Gasteiger partial charge in [-0.25, -0.2) is 4.98 Å². The summed E-state index contributed by atoms with van der Waals surface area (Å²) >= 11 is 1.83. The normalized spacial score (nSPS) is 11.7. The van der Waals surface area contributed by atoms with Crippen LogP contribution in [-0.4, -0.2) is 27.0 Å². The first kappa shape index (κ1) is 15.6. The second-order valence-corrected chi connectivity index (χ2v) is 6.28. The number of hydrogen-bond acceptors (Lipinski definition) is 3. The van der Waals surface area contributed by atoms with E-state index in [1.54, 1.807) is 0 Å². The Morgan fingerprint density at radius 2 is 1.94 bits per heavy atom. The average molecular weight is 270 g/mol. The van der Waals surface area contributed by atoms with Crippen LogP contribution in [0.3, 0.4) is 0 Å². The maximum atomic E-state index is 8.74. The Balaban J connectivity index is 2.59. The number of aromatic nitrogens is 2. The Bertz CT molecular complexity index is 348. The molecule has 0 aliphatic carbocycles. The smallest absolute Gasteiger partial charge is 0.168 e. The summed E-state index contributed by atoms with van der Waals surface area (Å²) in [6.45, 7) is 9.16. The molecule has 3 nitrogen and oxygen atoms in total. The zero-order valence-electron chi connectivity index (χ0n) is 12.0. The number of aliphatic hydroxyl groups excluding tert-OH is 1. The lowest BCUT2D eigenvalue weighted by molar-refractivity contribution is 0.284. The number of rotatable bonds is 8. The molecule has 0 saturated heterocycles. The first-order chi connectivity index (χ1) is 8.57. The summed E-state index contributed by atoms with van der Waals surface area (Å²) < 4.78 is 2.35. The minimum Gasteiger partial charge on any atom is -0.396 e. The zero-order valence-corrected chi connectivity index (χ0v) is 12.8. The Morgan fingerprint density at radius 1 is 1.22 bits per heavy atom. The van der Waals surface area contributed by atoms with Crippen LogP contribution in [0.5, 0.6) is 0 Å². The number of nitrogens with zero attached hydrogens (tertiary/aromatic N) is 2. The van der Waals surface area contributed by atoms with Gasteiger partial charge in [-0.3, -0.25) is 0 Å². The van der Waals surface area contributed by atoms with Crippen molar-refractivity contribution in [3.8, 4) is 0 Å².